The molecule has 0 aromatic rings. The molecule has 0 rings (SSSR count). The number of phosphoric ester groups is 1. The Hall–Kier alpha value is -1.54. The number of unbranched alkanes of at least 4 members (excludes halogenated alkanes) is 33. The first-order chi connectivity index (χ1) is 32.5. The molecule has 0 aliphatic carbocycles. The molecule has 3 N–H and O–H groups in total. The Kier molecular flexibility index (Phi) is 48.3. The molecule has 0 heterocycles. The number of phosphoric acid groups is 1. The normalized spacial score (nSPS) is 14.3. The van der Waals surface area contributed by atoms with Crippen molar-refractivity contribution in [3.63, 3.8) is 0 Å². The van der Waals surface area contributed by atoms with Crippen LogP contribution in [0.3, 0.4) is 0 Å². The molecule has 0 aliphatic heterocycles. The summed E-state index contributed by atoms with van der Waals surface area (Å²) in [6, 6.07) is -0.850. The predicted molar refractivity (Wildman–Crippen MR) is 291 cm³/mol. The average molecular weight is 965 g/mol. The number of nitrogens with one attached hydrogen (secondary N) is 1. The van der Waals surface area contributed by atoms with E-state index >= 15 is 0 Å². The van der Waals surface area contributed by atoms with Gasteiger partial charge in [0.15, 0.2) is 0 Å². The van der Waals surface area contributed by atoms with Crippen LogP contribution in [0, 0.1) is 0 Å². The Balaban J connectivity index is 4.24. The fraction of sp³-hybridized carbons (Fsp3) is 0.845. The van der Waals surface area contributed by atoms with Gasteiger partial charge in [-0.3, -0.25) is 13.8 Å². The number of quaternary nitrogens is 1. The molecular weight excluding hydrogens is 852 g/mol. The summed E-state index contributed by atoms with van der Waals surface area (Å²) in [5, 5.41) is 13.9. The summed E-state index contributed by atoms with van der Waals surface area (Å²) in [5.41, 5.74) is 0. The third kappa shape index (κ3) is 52.1. The zero-order chi connectivity index (χ0) is 49.2. The van der Waals surface area contributed by atoms with Crippen molar-refractivity contribution < 1.29 is 32.9 Å². The van der Waals surface area contributed by atoms with Crippen LogP contribution in [0.5, 0.6) is 0 Å². The molecule has 0 aromatic heterocycles. The SMILES string of the molecule is CCCCCCC/C=C\C/C=C\C/C=C\CCCCCCCCCCCCC(=O)NC(COP(=O)(O)OCC[N+](C)(C)C)C(O)/C=C/CCCCCCCCCCCCCCCCCCCC. The van der Waals surface area contributed by atoms with Crippen molar-refractivity contribution in [3.8, 4) is 0 Å². The zero-order valence-electron chi connectivity index (χ0n) is 44.9. The number of carbonyl (C=O) groups excluding carboxylic acids is 1. The molecule has 8 nitrogen and oxygen atoms in total. The first kappa shape index (κ1) is 65.5. The van der Waals surface area contributed by atoms with E-state index in [4.69, 9.17) is 9.05 Å². The van der Waals surface area contributed by atoms with Gasteiger partial charge in [0.25, 0.3) is 0 Å². The minimum absolute atomic E-state index is 0.0601. The first-order valence-electron chi connectivity index (χ1n) is 28.5. The summed E-state index contributed by atoms with van der Waals surface area (Å²) in [6.45, 7) is 4.83. The third-order valence-electron chi connectivity index (χ3n) is 12.8. The van der Waals surface area contributed by atoms with Crippen molar-refractivity contribution in [2.45, 2.75) is 276 Å². The second-order valence-electron chi connectivity index (χ2n) is 20.7. The van der Waals surface area contributed by atoms with Gasteiger partial charge in [-0.1, -0.05) is 249 Å². The molecule has 67 heavy (non-hydrogen) atoms. The molecule has 394 valence electrons. The van der Waals surface area contributed by atoms with E-state index in [0.717, 1.165) is 51.4 Å². The van der Waals surface area contributed by atoms with Crippen molar-refractivity contribution in [3.05, 3.63) is 48.6 Å². The van der Waals surface area contributed by atoms with Gasteiger partial charge in [-0.2, -0.15) is 0 Å². The lowest BCUT2D eigenvalue weighted by Gasteiger charge is -2.25. The smallest absolute Gasteiger partial charge is 0.387 e. The third-order valence-corrected chi connectivity index (χ3v) is 13.8. The molecule has 0 bridgehead atoms. The molecule has 0 saturated heterocycles. The van der Waals surface area contributed by atoms with E-state index in [1.807, 2.05) is 27.2 Å². The maximum atomic E-state index is 13.0. The lowest BCUT2D eigenvalue weighted by molar-refractivity contribution is -0.870. The van der Waals surface area contributed by atoms with Gasteiger partial charge < -0.3 is 19.8 Å². The van der Waals surface area contributed by atoms with Crippen molar-refractivity contribution in [1.82, 2.24) is 5.32 Å². The highest BCUT2D eigenvalue weighted by atomic mass is 31.2. The van der Waals surface area contributed by atoms with Crippen LogP contribution >= 0.6 is 7.82 Å². The highest BCUT2D eigenvalue weighted by molar-refractivity contribution is 7.47. The maximum Gasteiger partial charge on any atom is 0.472 e. The average Bonchev–Trinajstić information content (AvgIpc) is 3.29. The number of likely N-dealkylation sites (N-methyl/N-ethyl adjacent to an activating group) is 1. The molecule has 1 amide bonds. The first-order valence-corrected chi connectivity index (χ1v) is 30.0. The van der Waals surface area contributed by atoms with Gasteiger partial charge in [0.2, 0.25) is 5.91 Å². The molecule has 3 atom stereocenters. The number of carbonyl (C=O) groups is 1. The van der Waals surface area contributed by atoms with Crippen LogP contribution in [0.1, 0.15) is 264 Å². The number of hydrogen-bond donors (Lipinski definition) is 3. The second kappa shape index (κ2) is 49.4. The van der Waals surface area contributed by atoms with E-state index < -0.39 is 20.0 Å². The number of nitrogens with zero attached hydrogens (tertiary/aromatic N) is 1. The van der Waals surface area contributed by atoms with E-state index in [2.05, 4.69) is 55.6 Å². The van der Waals surface area contributed by atoms with Gasteiger partial charge in [-0.15, -0.1) is 0 Å². The van der Waals surface area contributed by atoms with Crippen molar-refractivity contribution in [2.75, 3.05) is 40.9 Å². The van der Waals surface area contributed by atoms with Gasteiger partial charge in [0.05, 0.1) is 39.9 Å². The Morgan fingerprint density at radius 1 is 0.507 bits per heavy atom. The number of aliphatic hydroxyl groups excluding tert-OH is 1. The van der Waals surface area contributed by atoms with Crippen molar-refractivity contribution >= 4 is 13.7 Å². The van der Waals surface area contributed by atoms with Crippen molar-refractivity contribution in [1.29, 1.82) is 0 Å². The predicted octanol–water partition coefficient (Wildman–Crippen LogP) is 17.2. The molecule has 0 fully saturated rings. The van der Waals surface area contributed by atoms with E-state index in [-0.39, 0.29) is 19.1 Å². The van der Waals surface area contributed by atoms with E-state index in [0.29, 0.717) is 17.4 Å². The van der Waals surface area contributed by atoms with Gasteiger partial charge in [0.1, 0.15) is 13.2 Å². The van der Waals surface area contributed by atoms with Gasteiger partial charge in [-0.25, -0.2) is 4.57 Å². The number of aliphatic hydroxyl groups is 1. The van der Waals surface area contributed by atoms with E-state index in [9.17, 15) is 19.4 Å². The highest BCUT2D eigenvalue weighted by Gasteiger charge is 2.27. The minimum atomic E-state index is -4.35. The highest BCUT2D eigenvalue weighted by Crippen LogP contribution is 2.43. The molecule has 9 heteroatoms. The monoisotopic (exact) mass is 964 g/mol. The van der Waals surface area contributed by atoms with Gasteiger partial charge >= 0.3 is 7.82 Å². The van der Waals surface area contributed by atoms with Crippen LogP contribution in [0.2, 0.25) is 0 Å². The van der Waals surface area contributed by atoms with Crippen LogP contribution in [0.4, 0.5) is 0 Å². The number of allylic oxidation sites excluding steroid dienone is 7. The Bertz CT molecular complexity index is 1230. The van der Waals surface area contributed by atoms with Gasteiger partial charge in [-0.05, 0) is 57.8 Å². The lowest BCUT2D eigenvalue weighted by atomic mass is 10.0. The summed E-state index contributed by atoms with van der Waals surface area (Å²) in [6.07, 6.45) is 64.8. The Morgan fingerprint density at radius 2 is 0.851 bits per heavy atom. The number of hydrogen-bond acceptors (Lipinski definition) is 5. The summed E-state index contributed by atoms with van der Waals surface area (Å²) in [5.74, 6) is -0.180. The summed E-state index contributed by atoms with van der Waals surface area (Å²) in [7, 11) is 1.57. The Morgan fingerprint density at radius 3 is 1.24 bits per heavy atom. The van der Waals surface area contributed by atoms with Crippen LogP contribution in [0.15, 0.2) is 48.6 Å². The van der Waals surface area contributed by atoms with Gasteiger partial charge in [0, 0.05) is 6.42 Å². The molecule has 0 spiro atoms. The molecule has 0 saturated carbocycles. The minimum Gasteiger partial charge on any atom is -0.387 e. The van der Waals surface area contributed by atoms with Crippen LogP contribution in [-0.2, 0) is 18.4 Å². The van der Waals surface area contributed by atoms with Crippen molar-refractivity contribution in [2.24, 2.45) is 0 Å². The largest absolute Gasteiger partial charge is 0.472 e. The molecule has 0 radical (unpaired) electrons. The fourth-order valence-electron chi connectivity index (χ4n) is 8.29. The lowest BCUT2D eigenvalue weighted by Crippen LogP contribution is -2.45. The molecule has 3 unspecified atom stereocenters. The fourth-order valence-corrected chi connectivity index (χ4v) is 9.02. The van der Waals surface area contributed by atoms with Crippen LogP contribution in [0.25, 0.3) is 0 Å². The van der Waals surface area contributed by atoms with E-state index in [1.54, 1.807) is 6.08 Å². The topological polar surface area (TPSA) is 105 Å². The molecular formula is C58H112N2O6P+. The molecule has 0 aliphatic rings. The second-order valence-corrected chi connectivity index (χ2v) is 22.1. The number of rotatable bonds is 52. The Labute approximate surface area is 416 Å². The number of amides is 1. The maximum absolute atomic E-state index is 13.0. The standard InChI is InChI=1S/C58H111N2O6P/c1-6-8-10-12-14-16-18-20-22-24-26-28-29-30-31-32-34-36-38-40-42-44-46-48-50-52-58(62)59-56(55-66-67(63,64)65-54-53-60(3,4)5)57(61)51-49-47-45-43-41-39-37-35-33-27-25-23-21-19-17-15-13-11-9-7-2/h18,20,24,26,29-30,49,51,56-57,61H,6-17,19,21-23,25,27-28,31-48,50,52-55H2,1-5H3,(H-,59,62,63,64)/p+1/b20-18-,26-24-,30-29-,51-49+. The summed E-state index contributed by atoms with van der Waals surface area (Å²) >= 11 is 0. The van der Waals surface area contributed by atoms with E-state index in [1.165, 1.54) is 193 Å². The summed E-state index contributed by atoms with van der Waals surface area (Å²) in [4.78, 5) is 23.3. The van der Waals surface area contributed by atoms with Crippen LogP contribution in [-0.4, -0.2) is 73.4 Å². The van der Waals surface area contributed by atoms with Crippen LogP contribution < -0.4 is 5.32 Å². The molecule has 0 aromatic carbocycles. The zero-order valence-corrected chi connectivity index (χ0v) is 45.8. The quantitative estimate of drug-likeness (QED) is 0.0243. The summed E-state index contributed by atoms with van der Waals surface area (Å²) < 4.78 is 23.7.